The first-order valence-corrected chi connectivity index (χ1v) is 29.7. The Morgan fingerprint density at radius 1 is 0.750 bits per heavy atom. The normalized spacial score (nSPS) is 15.5. The van der Waals surface area contributed by atoms with Crippen LogP contribution in [-0.2, 0) is 19.1 Å². The van der Waals surface area contributed by atoms with Gasteiger partial charge < -0.3 is 0 Å². The predicted octanol–water partition coefficient (Wildman–Crippen LogP) is 4.22. The van der Waals surface area contributed by atoms with Crippen LogP contribution >= 0.6 is 44.9 Å². The van der Waals surface area contributed by atoms with Crippen molar-refractivity contribution < 1.29 is 19.1 Å². The molecule has 166 valence electrons. The molecule has 0 spiro atoms. The van der Waals surface area contributed by atoms with Crippen LogP contribution in [0.4, 0.5) is 0 Å². The van der Waals surface area contributed by atoms with E-state index in [9.17, 15) is 9.59 Å². The molecule has 0 amide bonds. The molecule has 0 aliphatic carbocycles. The summed E-state index contributed by atoms with van der Waals surface area (Å²) in [6.07, 6.45) is 6.64. The number of esters is 2. The molecule has 0 rings (SSSR count). The summed E-state index contributed by atoms with van der Waals surface area (Å²) in [5, 5.41) is 0. The van der Waals surface area contributed by atoms with E-state index in [1.165, 1.54) is 34.6 Å². The Balaban J connectivity index is 3.77. The number of carbonyl (C=O) groups excluding carboxylic acids is 2. The zero-order valence-electron chi connectivity index (χ0n) is 17.2. The second kappa shape index (κ2) is 19.6. The van der Waals surface area contributed by atoms with Crippen LogP contribution in [0, 0.1) is 0 Å². The first-order valence-electron chi connectivity index (χ1n) is 10.3. The number of carbonyl (C=O) groups is 2. The fourth-order valence-corrected chi connectivity index (χ4v) is 17.0. The van der Waals surface area contributed by atoms with Crippen LogP contribution in [0.5, 0.6) is 0 Å². The molecule has 4 atom stereocenters. The van der Waals surface area contributed by atoms with Crippen LogP contribution < -0.4 is 0 Å². The summed E-state index contributed by atoms with van der Waals surface area (Å²) in [6.45, 7) is 5.08. The average Bonchev–Trinajstić information content (AvgIpc) is 2.69. The molecule has 10 heteroatoms. The van der Waals surface area contributed by atoms with Crippen LogP contribution in [0.2, 0.25) is 8.87 Å². The third-order valence-electron chi connectivity index (χ3n) is 4.44. The first kappa shape index (κ1) is 29.9. The maximum atomic E-state index is 11.8. The summed E-state index contributed by atoms with van der Waals surface area (Å²) in [5.41, 5.74) is 0. The van der Waals surface area contributed by atoms with Gasteiger partial charge in [0.25, 0.3) is 0 Å². The molecule has 0 N–H and O–H groups in total. The molecule has 0 aromatic rings. The zero-order valence-corrected chi connectivity index (χ0v) is 27.4. The number of hydrogen-bond acceptors (Lipinski definition) is 8. The molecular formula is C18H38O4S4Sn2. The minimum atomic E-state index is -1.94. The van der Waals surface area contributed by atoms with Gasteiger partial charge in [-0.25, -0.2) is 0 Å². The van der Waals surface area contributed by atoms with E-state index in [0.29, 0.717) is 38.9 Å². The molecule has 0 aliphatic heterocycles. The van der Waals surface area contributed by atoms with E-state index in [0.717, 1.165) is 0 Å². The van der Waals surface area contributed by atoms with Gasteiger partial charge >= 0.3 is 206 Å². The Bertz CT molecular complexity index is 394. The quantitative estimate of drug-likeness (QED) is 0.0804. The molecule has 0 saturated carbocycles. The molecule has 0 radical (unpaired) electrons. The molecule has 0 fully saturated rings. The van der Waals surface area contributed by atoms with E-state index in [1.54, 1.807) is 0 Å². The van der Waals surface area contributed by atoms with Crippen molar-refractivity contribution in [2.75, 3.05) is 13.2 Å². The van der Waals surface area contributed by atoms with Crippen molar-refractivity contribution in [1.82, 2.24) is 0 Å². The van der Waals surface area contributed by atoms with Gasteiger partial charge in [-0.2, -0.15) is 0 Å². The summed E-state index contributed by atoms with van der Waals surface area (Å²) >= 11 is 5.23. The van der Waals surface area contributed by atoms with Gasteiger partial charge in [0.1, 0.15) is 0 Å². The van der Waals surface area contributed by atoms with Crippen molar-refractivity contribution in [2.24, 2.45) is 0 Å². The third-order valence-corrected chi connectivity index (χ3v) is 32.9. The summed E-state index contributed by atoms with van der Waals surface area (Å²) in [5.74, 6) is -0.430. The van der Waals surface area contributed by atoms with E-state index < -0.39 is 36.8 Å². The van der Waals surface area contributed by atoms with Gasteiger partial charge in [-0.15, -0.1) is 0 Å². The van der Waals surface area contributed by atoms with E-state index >= 15 is 0 Å². The van der Waals surface area contributed by atoms with Gasteiger partial charge in [-0.05, 0) is 0 Å². The summed E-state index contributed by atoms with van der Waals surface area (Å²) in [6, 6.07) is 0. The molecule has 0 heterocycles. The summed E-state index contributed by atoms with van der Waals surface area (Å²) in [4.78, 5) is 23.6. The van der Waals surface area contributed by atoms with Crippen molar-refractivity contribution in [2.45, 2.75) is 80.6 Å². The molecule has 0 aromatic carbocycles. The molecule has 4 unspecified atom stereocenters. The minimum absolute atomic E-state index is 0.156. The van der Waals surface area contributed by atoms with Crippen molar-refractivity contribution in [3.05, 3.63) is 0 Å². The monoisotopic (exact) mass is 686 g/mol. The average molecular weight is 684 g/mol. The van der Waals surface area contributed by atoms with Crippen molar-refractivity contribution in [3.8, 4) is 0 Å². The Labute approximate surface area is 204 Å². The summed E-state index contributed by atoms with van der Waals surface area (Å²) in [7, 11) is 9.43. The second-order valence-corrected chi connectivity index (χ2v) is 34.9. The third kappa shape index (κ3) is 16.6. The van der Waals surface area contributed by atoms with E-state index in [1.807, 2.05) is 0 Å². The predicted molar refractivity (Wildman–Crippen MR) is 138 cm³/mol. The zero-order chi connectivity index (χ0) is 21.4. The van der Waals surface area contributed by atoms with Crippen LogP contribution in [0.1, 0.15) is 65.2 Å². The van der Waals surface area contributed by atoms with Gasteiger partial charge in [0.05, 0.1) is 0 Å². The molecule has 0 aromatic heterocycles. The number of thiol groups is 4. The van der Waals surface area contributed by atoms with Crippen LogP contribution in [-0.4, -0.2) is 68.4 Å². The fourth-order valence-electron chi connectivity index (χ4n) is 2.47. The number of unbranched alkanes of at least 4 members (excludes halogenated alkanes) is 3. The molecule has 0 saturated heterocycles. The van der Waals surface area contributed by atoms with Crippen molar-refractivity contribution >= 4 is 93.6 Å². The first-order chi connectivity index (χ1) is 13.3. The fraction of sp³-hybridized carbons (Fsp3) is 0.889. The van der Waals surface area contributed by atoms with Crippen LogP contribution in [0.15, 0.2) is 0 Å². The van der Waals surface area contributed by atoms with E-state index in [2.05, 4.69) is 39.1 Å². The van der Waals surface area contributed by atoms with Gasteiger partial charge in [0.2, 0.25) is 0 Å². The van der Waals surface area contributed by atoms with Crippen molar-refractivity contribution in [1.29, 1.82) is 0 Å². The number of ether oxygens (including phenoxy) is 2. The Morgan fingerprint density at radius 2 is 1.11 bits per heavy atom. The molecular weight excluding hydrogens is 646 g/mol. The summed E-state index contributed by atoms with van der Waals surface area (Å²) < 4.78 is 13.3. The SMILES string of the molecule is CCC[CH2][SnH]([SH])[CH](S)COC(=O)CCCCC(=O)OC[CH](S)[SnH]([SH])[CH2]CCC. The Hall–Kier alpha value is 1.94. The molecule has 0 aliphatic rings. The molecule has 0 bridgehead atoms. The van der Waals surface area contributed by atoms with Gasteiger partial charge in [-0.1, -0.05) is 0 Å². The van der Waals surface area contributed by atoms with Gasteiger partial charge in [-0.3, -0.25) is 0 Å². The van der Waals surface area contributed by atoms with Crippen LogP contribution in [0.3, 0.4) is 0 Å². The Kier molecular flexibility index (Phi) is 21.0. The van der Waals surface area contributed by atoms with Gasteiger partial charge in [0.15, 0.2) is 0 Å². The van der Waals surface area contributed by atoms with E-state index in [-0.39, 0.29) is 18.5 Å². The second-order valence-electron chi connectivity index (χ2n) is 7.13. The van der Waals surface area contributed by atoms with E-state index in [4.69, 9.17) is 29.1 Å². The Morgan fingerprint density at radius 3 is 1.43 bits per heavy atom. The number of rotatable bonds is 17. The molecule has 4 nitrogen and oxygen atoms in total. The van der Waals surface area contributed by atoms with Crippen LogP contribution in [0.25, 0.3) is 0 Å². The van der Waals surface area contributed by atoms with Gasteiger partial charge in [0, 0.05) is 0 Å². The topological polar surface area (TPSA) is 52.6 Å². The standard InChI is InChI=1S/C10H16O4S2.2C4H9.2H2S.2Sn.2H/c11-9(13-5-7-15)3-1-2-4-10(12)14-6-8-16;2*1-3-4-2;;;;;;/h7-8,15-16H,1-6H2;2*1,3-4H2,2H3;2*1H2;;;;/q;;;;;2*+1;;/p-2. The maximum absolute atomic E-state index is 11.8. The van der Waals surface area contributed by atoms with Crippen molar-refractivity contribution in [3.63, 3.8) is 0 Å². The number of hydrogen-bond donors (Lipinski definition) is 4. The molecule has 28 heavy (non-hydrogen) atoms.